The average Bonchev–Trinajstić information content (AvgIpc) is 3.16. The number of rotatable bonds is 13. The van der Waals surface area contributed by atoms with Gasteiger partial charge >= 0.3 is 0 Å². The number of hydrogen-bond donors (Lipinski definition) is 1. The van der Waals surface area contributed by atoms with E-state index in [4.69, 9.17) is 14.6 Å². The summed E-state index contributed by atoms with van der Waals surface area (Å²) in [7, 11) is 0. The van der Waals surface area contributed by atoms with Crippen LogP contribution in [0.1, 0.15) is 45.9 Å². The molecular weight excluding hydrogens is 445 g/mol. The first kappa shape index (κ1) is 26.9. The molecule has 6 nitrogen and oxygen atoms in total. The van der Waals surface area contributed by atoms with Gasteiger partial charge in [-0.2, -0.15) is 5.10 Å². The Morgan fingerprint density at radius 3 is 2.29 bits per heavy atom. The molecule has 0 bridgehead atoms. The Kier molecular flexibility index (Phi) is 9.83. The molecule has 1 atom stereocenters. The summed E-state index contributed by atoms with van der Waals surface area (Å²) in [5.74, 6) is 1.40. The molecule has 0 saturated heterocycles. The van der Waals surface area contributed by atoms with E-state index < -0.39 is 6.10 Å². The summed E-state index contributed by atoms with van der Waals surface area (Å²) in [5, 5.41) is 15.5. The topological polar surface area (TPSA) is 59.8 Å². The standard InChI is InChI=1S/C28H38FN3O3/c1-6-27-26(17-31(21(4)5)16-24(33)19-34-18-20(2)3)28(35-25-10-8-7-9-11-25)32(30-27)23-14-12-22(29)13-15-23/h7-15,20-21,24,33H,6,16-19H2,1-5H3/t24-/m0/s1. The molecule has 3 rings (SSSR count). The SMILES string of the molecule is CCc1nn(-c2ccc(F)cc2)c(Oc2ccccc2)c1CN(C[C@H](O)COCC(C)C)C(C)C. The van der Waals surface area contributed by atoms with Crippen LogP contribution in [0.15, 0.2) is 54.6 Å². The number of ether oxygens (including phenoxy) is 2. The first-order valence-corrected chi connectivity index (χ1v) is 12.4. The number of benzene rings is 2. The summed E-state index contributed by atoms with van der Waals surface area (Å²) in [6.45, 7) is 12.4. The van der Waals surface area contributed by atoms with Gasteiger partial charge in [0.1, 0.15) is 11.6 Å². The highest BCUT2D eigenvalue weighted by molar-refractivity contribution is 5.44. The first-order valence-electron chi connectivity index (χ1n) is 12.4. The molecule has 1 heterocycles. The molecule has 190 valence electrons. The van der Waals surface area contributed by atoms with Crippen molar-refractivity contribution in [2.45, 2.75) is 59.7 Å². The normalized spacial score (nSPS) is 12.6. The second-order valence-corrected chi connectivity index (χ2v) is 9.50. The van der Waals surface area contributed by atoms with Crippen molar-refractivity contribution < 1.29 is 19.0 Å². The third-order valence-corrected chi connectivity index (χ3v) is 5.68. The number of halogens is 1. The van der Waals surface area contributed by atoms with Gasteiger partial charge in [0.15, 0.2) is 0 Å². The van der Waals surface area contributed by atoms with Crippen molar-refractivity contribution in [2.24, 2.45) is 5.92 Å². The Bertz CT molecular complexity index is 1040. The molecule has 0 unspecified atom stereocenters. The summed E-state index contributed by atoms with van der Waals surface area (Å²) in [6.07, 6.45) is 0.104. The van der Waals surface area contributed by atoms with Crippen molar-refractivity contribution in [3.8, 4) is 17.3 Å². The van der Waals surface area contributed by atoms with Gasteiger partial charge in [0.25, 0.3) is 0 Å². The molecule has 35 heavy (non-hydrogen) atoms. The molecule has 1 aromatic heterocycles. The molecule has 0 spiro atoms. The monoisotopic (exact) mass is 483 g/mol. The largest absolute Gasteiger partial charge is 0.439 e. The van der Waals surface area contributed by atoms with Gasteiger partial charge in [-0.15, -0.1) is 0 Å². The first-order chi connectivity index (χ1) is 16.8. The zero-order valence-electron chi connectivity index (χ0n) is 21.4. The van der Waals surface area contributed by atoms with Crippen LogP contribution in [0.25, 0.3) is 5.69 Å². The summed E-state index contributed by atoms with van der Waals surface area (Å²) in [6, 6.07) is 16.0. The molecule has 2 aromatic carbocycles. The fourth-order valence-electron chi connectivity index (χ4n) is 3.81. The summed E-state index contributed by atoms with van der Waals surface area (Å²) in [5.41, 5.74) is 2.57. The lowest BCUT2D eigenvalue weighted by Crippen LogP contribution is -2.39. The zero-order chi connectivity index (χ0) is 25.4. The Balaban J connectivity index is 1.94. The van der Waals surface area contributed by atoms with E-state index in [9.17, 15) is 9.50 Å². The maximum Gasteiger partial charge on any atom is 0.227 e. The number of aryl methyl sites for hydroxylation is 1. The lowest BCUT2D eigenvalue weighted by atomic mass is 10.1. The third-order valence-electron chi connectivity index (χ3n) is 5.68. The minimum atomic E-state index is -0.605. The number of aliphatic hydroxyl groups is 1. The average molecular weight is 484 g/mol. The molecule has 3 aromatic rings. The van der Waals surface area contributed by atoms with E-state index in [1.807, 2.05) is 30.3 Å². The molecule has 0 saturated carbocycles. The van der Waals surface area contributed by atoms with E-state index in [1.54, 1.807) is 16.8 Å². The van der Waals surface area contributed by atoms with Crippen molar-refractivity contribution in [3.63, 3.8) is 0 Å². The minimum absolute atomic E-state index is 0.179. The Hall–Kier alpha value is -2.74. The van der Waals surface area contributed by atoms with Gasteiger partial charge in [-0.05, 0) is 62.6 Å². The predicted octanol–water partition coefficient (Wildman–Crippen LogP) is 5.61. The number of aromatic nitrogens is 2. The molecule has 0 radical (unpaired) electrons. The van der Waals surface area contributed by atoms with Gasteiger partial charge in [-0.3, -0.25) is 4.90 Å². The van der Waals surface area contributed by atoms with Crippen molar-refractivity contribution >= 4 is 0 Å². The number of aliphatic hydroxyl groups excluding tert-OH is 1. The summed E-state index contributed by atoms with van der Waals surface area (Å²) >= 11 is 0. The van der Waals surface area contributed by atoms with Gasteiger partial charge in [0.05, 0.1) is 29.7 Å². The van der Waals surface area contributed by atoms with Crippen LogP contribution in [0.5, 0.6) is 11.6 Å². The van der Waals surface area contributed by atoms with Gasteiger partial charge < -0.3 is 14.6 Å². The van der Waals surface area contributed by atoms with Gasteiger partial charge in [-0.25, -0.2) is 9.07 Å². The quantitative estimate of drug-likeness (QED) is 0.342. The Morgan fingerprint density at radius 2 is 1.69 bits per heavy atom. The highest BCUT2D eigenvalue weighted by Crippen LogP contribution is 2.32. The molecule has 1 N–H and O–H groups in total. The lowest BCUT2D eigenvalue weighted by molar-refractivity contribution is 0.00160. The maximum atomic E-state index is 13.6. The van der Waals surface area contributed by atoms with Crippen LogP contribution < -0.4 is 4.74 Å². The van der Waals surface area contributed by atoms with Crippen molar-refractivity contribution in [1.29, 1.82) is 0 Å². The van der Waals surface area contributed by atoms with Gasteiger partial charge in [0.2, 0.25) is 5.88 Å². The summed E-state index contributed by atoms with van der Waals surface area (Å²) in [4.78, 5) is 2.20. The number of para-hydroxylation sites is 1. The Labute approximate surface area is 208 Å². The van der Waals surface area contributed by atoms with Crippen LogP contribution in [-0.2, 0) is 17.7 Å². The molecule has 7 heteroatoms. The fraction of sp³-hybridized carbons (Fsp3) is 0.464. The highest BCUT2D eigenvalue weighted by Gasteiger charge is 2.25. The van der Waals surface area contributed by atoms with Crippen LogP contribution >= 0.6 is 0 Å². The second-order valence-electron chi connectivity index (χ2n) is 9.50. The van der Waals surface area contributed by atoms with Crippen LogP contribution in [0.3, 0.4) is 0 Å². The number of hydrogen-bond acceptors (Lipinski definition) is 5. The summed E-state index contributed by atoms with van der Waals surface area (Å²) < 4.78 is 27.4. The fourth-order valence-corrected chi connectivity index (χ4v) is 3.81. The van der Waals surface area contributed by atoms with Crippen LogP contribution in [0, 0.1) is 11.7 Å². The van der Waals surface area contributed by atoms with Gasteiger partial charge in [-0.1, -0.05) is 39.0 Å². The minimum Gasteiger partial charge on any atom is -0.439 e. The molecular formula is C28H38FN3O3. The van der Waals surface area contributed by atoms with Crippen LogP contribution in [-0.4, -0.2) is 51.7 Å². The van der Waals surface area contributed by atoms with Crippen LogP contribution in [0.2, 0.25) is 0 Å². The van der Waals surface area contributed by atoms with Crippen molar-refractivity contribution in [3.05, 3.63) is 71.7 Å². The second kappa shape index (κ2) is 12.8. The van der Waals surface area contributed by atoms with Crippen molar-refractivity contribution in [2.75, 3.05) is 19.8 Å². The molecule has 0 amide bonds. The predicted molar refractivity (Wildman–Crippen MR) is 137 cm³/mol. The van der Waals surface area contributed by atoms with Crippen LogP contribution in [0.4, 0.5) is 4.39 Å². The third kappa shape index (κ3) is 7.62. The number of nitrogens with zero attached hydrogens (tertiary/aromatic N) is 3. The van der Waals surface area contributed by atoms with E-state index in [0.717, 1.165) is 16.9 Å². The van der Waals surface area contributed by atoms with E-state index >= 15 is 0 Å². The van der Waals surface area contributed by atoms with E-state index in [0.29, 0.717) is 50.3 Å². The highest BCUT2D eigenvalue weighted by atomic mass is 19.1. The molecule has 0 aliphatic rings. The molecule has 0 aliphatic heterocycles. The van der Waals surface area contributed by atoms with E-state index in [-0.39, 0.29) is 11.9 Å². The van der Waals surface area contributed by atoms with E-state index in [2.05, 4.69) is 39.5 Å². The maximum absolute atomic E-state index is 13.6. The molecule has 0 aliphatic carbocycles. The van der Waals surface area contributed by atoms with E-state index in [1.165, 1.54) is 12.1 Å². The lowest BCUT2D eigenvalue weighted by Gasteiger charge is -2.29. The Morgan fingerprint density at radius 1 is 1.00 bits per heavy atom. The smallest absolute Gasteiger partial charge is 0.227 e. The molecule has 0 fully saturated rings. The van der Waals surface area contributed by atoms with Gasteiger partial charge in [0, 0.05) is 25.7 Å². The van der Waals surface area contributed by atoms with Crippen molar-refractivity contribution in [1.82, 2.24) is 14.7 Å². The zero-order valence-corrected chi connectivity index (χ0v) is 21.4.